The first-order valence-electron chi connectivity index (χ1n) is 8.83. The van der Waals surface area contributed by atoms with Crippen LogP contribution >= 0.6 is 0 Å². The van der Waals surface area contributed by atoms with Crippen LogP contribution in [0.1, 0.15) is 29.6 Å². The number of halogens is 1. The Labute approximate surface area is 161 Å². The molecular weight excluding hydrogens is 363 g/mol. The number of hydrogen-bond donors (Lipinski definition) is 1. The first-order chi connectivity index (χ1) is 13.5. The van der Waals surface area contributed by atoms with Crippen molar-refractivity contribution in [3.63, 3.8) is 0 Å². The third kappa shape index (κ3) is 5.03. The van der Waals surface area contributed by atoms with Crippen LogP contribution in [0.2, 0.25) is 0 Å². The SMILES string of the molecule is CCOC(=O)c1ccc(NC(=O)CCc2ncc(-c3ccc(F)cc3)o2)cc1. The number of nitrogens with zero attached hydrogens (tertiary/aromatic N) is 1. The lowest BCUT2D eigenvalue weighted by atomic mass is 10.2. The zero-order valence-corrected chi connectivity index (χ0v) is 15.3. The Kier molecular flexibility index (Phi) is 6.16. The second-order valence-electron chi connectivity index (χ2n) is 5.97. The van der Waals surface area contributed by atoms with Gasteiger partial charge in [0.25, 0.3) is 0 Å². The predicted molar refractivity (Wildman–Crippen MR) is 101 cm³/mol. The summed E-state index contributed by atoms with van der Waals surface area (Å²) in [5.41, 5.74) is 1.72. The van der Waals surface area contributed by atoms with E-state index in [1.54, 1.807) is 49.5 Å². The average molecular weight is 382 g/mol. The largest absolute Gasteiger partial charge is 0.462 e. The van der Waals surface area contributed by atoms with Gasteiger partial charge in [-0.1, -0.05) is 0 Å². The van der Waals surface area contributed by atoms with E-state index in [4.69, 9.17) is 9.15 Å². The lowest BCUT2D eigenvalue weighted by Gasteiger charge is -2.06. The number of rotatable bonds is 7. The number of carbonyl (C=O) groups excluding carboxylic acids is 2. The summed E-state index contributed by atoms with van der Waals surface area (Å²) in [4.78, 5) is 27.9. The van der Waals surface area contributed by atoms with Gasteiger partial charge in [-0.05, 0) is 55.5 Å². The molecule has 0 saturated heterocycles. The number of benzene rings is 2. The summed E-state index contributed by atoms with van der Waals surface area (Å²) in [6.45, 7) is 2.05. The van der Waals surface area contributed by atoms with Crippen molar-refractivity contribution in [1.82, 2.24) is 4.98 Å². The Hall–Kier alpha value is -3.48. The van der Waals surface area contributed by atoms with Crippen LogP contribution in [-0.4, -0.2) is 23.5 Å². The number of oxazole rings is 1. The van der Waals surface area contributed by atoms with Crippen molar-refractivity contribution in [2.75, 3.05) is 11.9 Å². The molecule has 0 aliphatic carbocycles. The van der Waals surface area contributed by atoms with Gasteiger partial charge in [-0.2, -0.15) is 0 Å². The summed E-state index contributed by atoms with van der Waals surface area (Å²) in [5, 5.41) is 2.75. The Balaban J connectivity index is 1.52. The summed E-state index contributed by atoms with van der Waals surface area (Å²) in [6, 6.07) is 12.4. The monoisotopic (exact) mass is 382 g/mol. The molecule has 0 radical (unpaired) electrons. The summed E-state index contributed by atoms with van der Waals surface area (Å²) in [6.07, 6.45) is 2.06. The molecule has 144 valence electrons. The molecule has 0 fully saturated rings. The molecule has 0 aliphatic heterocycles. The molecule has 3 aromatic rings. The number of hydrogen-bond acceptors (Lipinski definition) is 5. The quantitative estimate of drug-likeness (QED) is 0.619. The van der Waals surface area contributed by atoms with Gasteiger partial charge >= 0.3 is 5.97 Å². The maximum absolute atomic E-state index is 13.0. The number of carbonyl (C=O) groups is 2. The van der Waals surface area contributed by atoms with Crippen LogP contribution in [0.4, 0.5) is 10.1 Å². The van der Waals surface area contributed by atoms with Gasteiger partial charge in [0.2, 0.25) is 5.91 Å². The molecule has 0 saturated carbocycles. The van der Waals surface area contributed by atoms with E-state index in [1.165, 1.54) is 12.1 Å². The van der Waals surface area contributed by atoms with Crippen molar-refractivity contribution < 1.29 is 23.1 Å². The topological polar surface area (TPSA) is 81.4 Å². The number of aromatic nitrogens is 1. The Morgan fingerprint density at radius 2 is 1.82 bits per heavy atom. The summed E-state index contributed by atoms with van der Waals surface area (Å²) >= 11 is 0. The fourth-order valence-corrected chi connectivity index (χ4v) is 2.52. The van der Waals surface area contributed by atoms with Crippen molar-refractivity contribution in [3.8, 4) is 11.3 Å². The summed E-state index contributed by atoms with van der Waals surface area (Å²) < 4.78 is 23.5. The smallest absolute Gasteiger partial charge is 0.338 e. The highest BCUT2D eigenvalue weighted by Gasteiger charge is 2.10. The van der Waals surface area contributed by atoms with Gasteiger partial charge in [0.05, 0.1) is 18.4 Å². The minimum absolute atomic E-state index is 0.184. The molecule has 0 unspecified atom stereocenters. The lowest BCUT2D eigenvalue weighted by molar-refractivity contribution is -0.116. The van der Waals surface area contributed by atoms with E-state index in [2.05, 4.69) is 10.3 Å². The minimum atomic E-state index is -0.402. The lowest BCUT2D eigenvalue weighted by Crippen LogP contribution is -2.12. The molecule has 1 amide bonds. The van der Waals surface area contributed by atoms with Gasteiger partial charge in [0.1, 0.15) is 5.82 Å². The van der Waals surface area contributed by atoms with Crippen LogP contribution in [0, 0.1) is 5.82 Å². The molecule has 6 nitrogen and oxygen atoms in total. The van der Waals surface area contributed by atoms with E-state index >= 15 is 0 Å². The average Bonchev–Trinajstić information content (AvgIpc) is 3.17. The predicted octanol–water partition coefficient (Wildman–Crippen LogP) is 4.23. The molecule has 28 heavy (non-hydrogen) atoms. The molecule has 3 rings (SSSR count). The molecule has 1 heterocycles. The zero-order chi connectivity index (χ0) is 19.9. The molecule has 1 aromatic heterocycles. The van der Waals surface area contributed by atoms with E-state index in [-0.39, 0.29) is 18.1 Å². The third-order valence-electron chi connectivity index (χ3n) is 3.93. The van der Waals surface area contributed by atoms with Gasteiger partial charge < -0.3 is 14.5 Å². The molecule has 7 heteroatoms. The molecule has 0 spiro atoms. The van der Waals surface area contributed by atoms with Gasteiger partial charge in [0, 0.05) is 24.1 Å². The van der Waals surface area contributed by atoms with Crippen molar-refractivity contribution in [1.29, 1.82) is 0 Å². The van der Waals surface area contributed by atoms with E-state index in [1.807, 2.05) is 0 Å². The number of esters is 1. The van der Waals surface area contributed by atoms with Crippen LogP contribution in [0.25, 0.3) is 11.3 Å². The number of amides is 1. The van der Waals surface area contributed by atoms with Crippen LogP contribution in [-0.2, 0) is 16.0 Å². The van der Waals surface area contributed by atoms with Crippen LogP contribution in [0.3, 0.4) is 0 Å². The number of aryl methyl sites for hydroxylation is 1. The third-order valence-corrected chi connectivity index (χ3v) is 3.93. The second kappa shape index (κ2) is 8.94. The van der Waals surface area contributed by atoms with Gasteiger partial charge in [-0.25, -0.2) is 14.2 Å². The van der Waals surface area contributed by atoms with Crippen molar-refractivity contribution in [3.05, 3.63) is 72.0 Å². The first-order valence-corrected chi connectivity index (χ1v) is 8.83. The Morgan fingerprint density at radius 3 is 2.50 bits per heavy atom. The second-order valence-corrected chi connectivity index (χ2v) is 5.97. The van der Waals surface area contributed by atoms with Crippen LogP contribution in [0.5, 0.6) is 0 Å². The summed E-state index contributed by atoms with van der Waals surface area (Å²) in [7, 11) is 0. The maximum Gasteiger partial charge on any atom is 0.338 e. The van der Waals surface area contributed by atoms with Crippen LogP contribution < -0.4 is 5.32 Å². The van der Waals surface area contributed by atoms with E-state index in [9.17, 15) is 14.0 Å². The molecule has 2 aromatic carbocycles. The van der Waals surface area contributed by atoms with Crippen LogP contribution in [0.15, 0.2) is 59.1 Å². The van der Waals surface area contributed by atoms with Gasteiger partial charge in [-0.15, -0.1) is 0 Å². The van der Waals surface area contributed by atoms with Gasteiger partial charge in [0.15, 0.2) is 11.7 Å². The highest BCUT2D eigenvalue weighted by atomic mass is 19.1. The molecule has 0 aliphatic rings. The number of anilines is 1. The molecule has 1 N–H and O–H groups in total. The number of nitrogens with one attached hydrogen (secondary N) is 1. The Morgan fingerprint density at radius 1 is 1.11 bits per heavy atom. The van der Waals surface area contributed by atoms with E-state index in [0.29, 0.717) is 41.5 Å². The normalized spacial score (nSPS) is 10.5. The fraction of sp³-hybridized carbons (Fsp3) is 0.190. The van der Waals surface area contributed by atoms with E-state index in [0.717, 1.165) is 0 Å². The first kappa shape index (κ1) is 19.3. The van der Waals surface area contributed by atoms with Crippen molar-refractivity contribution in [2.24, 2.45) is 0 Å². The fourth-order valence-electron chi connectivity index (χ4n) is 2.52. The maximum atomic E-state index is 13.0. The standard InChI is InChI=1S/C21H19FN2O4/c1-2-27-21(26)15-5-9-17(10-6-15)24-19(25)11-12-20-23-13-18(28-20)14-3-7-16(22)8-4-14/h3-10,13H,2,11-12H2,1H3,(H,24,25). The highest BCUT2D eigenvalue weighted by Crippen LogP contribution is 2.21. The molecule has 0 bridgehead atoms. The summed E-state index contributed by atoms with van der Waals surface area (Å²) in [5.74, 6) is 0.0131. The van der Waals surface area contributed by atoms with Crippen molar-refractivity contribution >= 4 is 17.6 Å². The van der Waals surface area contributed by atoms with E-state index < -0.39 is 5.97 Å². The molecular formula is C21H19FN2O4. The zero-order valence-electron chi connectivity index (χ0n) is 15.3. The van der Waals surface area contributed by atoms with Gasteiger partial charge in [-0.3, -0.25) is 4.79 Å². The van der Waals surface area contributed by atoms with Crippen molar-refractivity contribution in [2.45, 2.75) is 19.8 Å². The highest BCUT2D eigenvalue weighted by molar-refractivity contribution is 5.93. The molecule has 0 atom stereocenters. The minimum Gasteiger partial charge on any atom is -0.462 e. The Bertz CT molecular complexity index is 949. The number of ether oxygens (including phenoxy) is 1.